The lowest BCUT2D eigenvalue weighted by molar-refractivity contribution is -0.144. The molecule has 276 valence electrons. The van der Waals surface area contributed by atoms with E-state index in [0.29, 0.717) is 14.9 Å². The van der Waals surface area contributed by atoms with Crippen molar-refractivity contribution < 1.29 is 62.1 Å². The minimum atomic E-state index is -5.85. The van der Waals surface area contributed by atoms with E-state index < -0.39 is 85.1 Å². The molecule has 5 N–H and O–H groups in total. The van der Waals surface area contributed by atoms with Gasteiger partial charge in [-0.1, -0.05) is 42.8 Å². The average molecular weight is 819 g/mol. The number of benzene rings is 2. The predicted octanol–water partition coefficient (Wildman–Crippen LogP) is 4.61. The third kappa shape index (κ3) is 9.36. The molecule has 0 unspecified atom stereocenters. The fraction of sp³-hybridized carbons (Fsp3) is 0.406. The Hall–Kier alpha value is -3.80. The van der Waals surface area contributed by atoms with Crippen molar-refractivity contribution in [3.63, 3.8) is 0 Å². The molecule has 1 aliphatic heterocycles. The third-order valence-corrected chi connectivity index (χ3v) is 10.7. The molecule has 2 aromatic carbocycles. The number of likely N-dealkylation sites (tertiary alicyclic amines) is 1. The summed E-state index contributed by atoms with van der Waals surface area (Å²) in [4.78, 5) is 85.6. The van der Waals surface area contributed by atoms with E-state index in [9.17, 15) is 47.5 Å². The highest BCUT2D eigenvalue weighted by molar-refractivity contribution is 9.10. The van der Waals surface area contributed by atoms with Gasteiger partial charge in [0.25, 0.3) is 5.91 Å². The predicted molar refractivity (Wildman–Crippen MR) is 185 cm³/mol. The Labute approximate surface area is 302 Å². The Morgan fingerprint density at radius 2 is 1.71 bits per heavy atom. The molecule has 0 saturated carbocycles. The van der Waals surface area contributed by atoms with Crippen molar-refractivity contribution in [2.75, 3.05) is 24.6 Å². The van der Waals surface area contributed by atoms with Crippen molar-refractivity contribution in [1.29, 1.82) is 0 Å². The lowest BCUT2D eigenvalue weighted by atomic mass is 9.85. The van der Waals surface area contributed by atoms with E-state index in [1.807, 2.05) is 0 Å². The molecular formula is C32H35BrF2N3O11PS. The molecule has 3 atom stereocenters. The van der Waals surface area contributed by atoms with Crippen LogP contribution < -0.4 is 10.2 Å². The summed E-state index contributed by atoms with van der Waals surface area (Å²) < 4.78 is 46.6. The fourth-order valence-electron chi connectivity index (χ4n) is 5.49. The van der Waals surface area contributed by atoms with Crippen LogP contribution in [0.25, 0.3) is 10.1 Å². The molecule has 3 aromatic rings. The normalized spacial score (nSPS) is 17.3. The summed E-state index contributed by atoms with van der Waals surface area (Å²) in [5, 5.41) is 21.4. The highest BCUT2D eigenvalue weighted by atomic mass is 79.9. The van der Waals surface area contributed by atoms with Gasteiger partial charge in [0.2, 0.25) is 11.8 Å². The number of carboxylic acids is 2. The lowest BCUT2D eigenvalue weighted by Gasteiger charge is -2.36. The second-order valence-corrected chi connectivity index (χ2v) is 16.5. The minimum Gasteiger partial charge on any atom is -0.481 e. The van der Waals surface area contributed by atoms with Crippen LogP contribution in [0.15, 0.2) is 53.0 Å². The third-order valence-electron chi connectivity index (χ3n) is 8.07. The first-order valence-corrected chi connectivity index (χ1v) is 18.5. The molecule has 0 radical (unpaired) electrons. The first kappa shape index (κ1) is 40.0. The van der Waals surface area contributed by atoms with Crippen molar-refractivity contribution in [2.45, 2.75) is 57.5 Å². The van der Waals surface area contributed by atoms with Crippen molar-refractivity contribution in [2.24, 2.45) is 5.41 Å². The van der Waals surface area contributed by atoms with Gasteiger partial charge in [-0.05, 0) is 53.3 Å². The molecule has 1 aliphatic rings. The number of hydrogen-bond acceptors (Lipinski definition) is 8. The van der Waals surface area contributed by atoms with Gasteiger partial charge in [0.05, 0.1) is 17.4 Å². The standard InChI is InChI=1S/C32H35BrF2N3O11PS/c1-31(2,3)27(36-28(43)24-13-17-12-18(4-9-23(17)51-24)32(34,35)50(46,47)48)30(45)38-15-21(49-16-26(41)42)14-22(38)29(44)37(11-10-25(39)40)20-7-5-19(33)6-8-20/h4-9,12-13,21-22,27H,10-11,14-16H2,1-3H3,(H,36,43)(H,39,40)(H,41,42)(H2,46,47,48)/t21-,22-,27+/m0/s1. The largest absolute Gasteiger partial charge is 0.481 e. The summed E-state index contributed by atoms with van der Waals surface area (Å²) in [6.45, 7) is 3.78. The zero-order valence-electron chi connectivity index (χ0n) is 27.4. The summed E-state index contributed by atoms with van der Waals surface area (Å²) in [5.41, 5.74) is -6.05. The van der Waals surface area contributed by atoms with Gasteiger partial charge >= 0.3 is 25.2 Å². The van der Waals surface area contributed by atoms with Crippen LogP contribution in [-0.4, -0.2) is 92.4 Å². The second-order valence-electron chi connectivity index (χ2n) is 12.9. The van der Waals surface area contributed by atoms with E-state index in [4.69, 9.17) is 14.5 Å². The molecule has 0 bridgehead atoms. The van der Waals surface area contributed by atoms with E-state index in [2.05, 4.69) is 21.2 Å². The fourth-order valence-corrected chi connectivity index (χ4v) is 7.17. The quantitative estimate of drug-likeness (QED) is 0.150. The molecule has 1 aromatic heterocycles. The number of carbonyl (C=O) groups excluding carboxylic acids is 3. The molecule has 14 nitrogen and oxygen atoms in total. The number of carboxylic acid groups (broad SMARTS) is 2. The molecule has 51 heavy (non-hydrogen) atoms. The number of ether oxygens (including phenoxy) is 1. The number of nitrogens with one attached hydrogen (secondary N) is 1. The zero-order valence-corrected chi connectivity index (χ0v) is 30.7. The van der Waals surface area contributed by atoms with Crippen LogP contribution in [0.2, 0.25) is 0 Å². The Morgan fingerprint density at radius 3 is 2.27 bits per heavy atom. The molecule has 2 heterocycles. The highest BCUT2D eigenvalue weighted by Gasteiger charge is 2.50. The number of aliphatic carboxylic acids is 2. The van der Waals surface area contributed by atoms with Crippen LogP contribution in [0.4, 0.5) is 14.5 Å². The Kier molecular flexibility index (Phi) is 12.1. The molecule has 0 aliphatic carbocycles. The maximum Gasteiger partial charge on any atom is 0.399 e. The summed E-state index contributed by atoms with van der Waals surface area (Å²) in [6.07, 6.45) is -1.44. The van der Waals surface area contributed by atoms with Crippen molar-refractivity contribution >= 4 is 80.3 Å². The maximum atomic E-state index is 14.4. The molecule has 1 fully saturated rings. The SMILES string of the molecule is CC(C)(C)[C@H](NC(=O)c1cc2cc(C(F)(F)P(=O)(O)O)ccc2s1)C(=O)N1C[C@@H](OCC(=O)O)C[C@H]1C(=O)N(CCC(=O)O)c1ccc(Br)cc1. The number of amides is 3. The zero-order chi connectivity index (χ0) is 38.1. The van der Waals surface area contributed by atoms with Gasteiger partial charge in [0, 0.05) is 39.9 Å². The Bertz CT molecular complexity index is 1880. The number of anilines is 1. The van der Waals surface area contributed by atoms with E-state index in [1.54, 1.807) is 45.0 Å². The van der Waals surface area contributed by atoms with E-state index in [1.165, 1.54) is 21.9 Å². The number of fused-ring (bicyclic) bond motifs is 1. The smallest absolute Gasteiger partial charge is 0.399 e. The molecule has 4 rings (SSSR count). The monoisotopic (exact) mass is 817 g/mol. The number of thiophene rings is 1. The minimum absolute atomic E-state index is 0.00417. The van der Waals surface area contributed by atoms with Crippen LogP contribution in [0.1, 0.15) is 48.8 Å². The van der Waals surface area contributed by atoms with Gasteiger partial charge in [0.1, 0.15) is 18.7 Å². The van der Waals surface area contributed by atoms with E-state index in [-0.39, 0.29) is 29.8 Å². The Morgan fingerprint density at radius 1 is 1.06 bits per heavy atom. The molecule has 0 spiro atoms. The lowest BCUT2D eigenvalue weighted by Crippen LogP contribution is -2.58. The van der Waals surface area contributed by atoms with Crippen LogP contribution in [-0.2, 0) is 34.1 Å². The maximum absolute atomic E-state index is 14.4. The number of carbonyl (C=O) groups is 5. The summed E-state index contributed by atoms with van der Waals surface area (Å²) in [6, 6.07) is 8.09. The number of alkyl halides is 2. The molecule has 19 heteroatoms. The first-order valence-electron chi connectivity index (χ1n) is 15.3. The Balaban J connectivity index is 1.66. The van der Waals surface area contributed by atoms with Gasteiger partial charge in [-0.3, -0.25) is 23.7 Å². The van der Waals surface area contributed by atoms with Crippen molar-refractivity contribution in [3.05, 3.63) is 63.4 Å². The molecule has 3 amide bonds. The topological polar surface area (TPSA) is 211 Å². The van der Waals surface area contributed by atoms with Gasteiger partial charge in [-0.15, -0.1) is 11.3 Å². The van der Waals surface area contributed by atoms with Gasteiger partial charge < -0.3 is 39.9 Å². The number of rotatable bonds is 13. The average Bonchev–Trinajstić information content (AvgIpc) is 3.66. The van der Waals surface area contributed by atoms with Crippen LogP contribution >= 0.6 is 34.9 Å². The summed E-state index contributed by atoms with van der Waals surface area (Å²) in [7, 11) is -5.85. The molecular weight excluding hydrogens is 783 g/mol. The summed E-state index contributed by atoms with van der Waals surface area (Å²) >= 11 is 4.21. The number of halogens is 3. The van der Waals surface area contributed by atoms with Crippen LogP contribution in [0, 0.1) is 5.41 Å². The number of nitrogens with zero attached hydrogens (tertiary/aromatic N) is 2. The van der Waals surface area contributed by atoms with Crippen molar-refractivity contribution in [1.82, 2.24) is 10.2 Å². The van der Waals surface area contributed by atoms with Crippen LogP contribution in [0.3, 0.4) is 0 Å². The molecule has 1 saturated heterocycles. The second kappa shape index (κ2) is 15.4. The van der Waals surface area contributed by atoms with Gasteiger partial charge in [0.15, 0.2) is 0 Å². The van der Waals surface area contributed by atoms with Gasteiger partial charge in [-0.25, -0.2) is 4.79 Å². The summed E-state index contributed by atoms with van der Waals surface area (Å²) in [5.74, 6) is -4.59. The number of hydrogen-bond donors (Lipinski definition) is 5. The van der Waals surface area contributed by atoms with E-state index >= 15 is 0 Å². The highest BCUT2D eigenvalue weighted by Crippen LogP contribution is 2.59. The van der Waals surface area contributed by atoms with Crippen molar-refractivity contribution in [3.8, 4) is 0 Å². The van der Waals surface area contributed by atoms with E-state index in [0.717, 1.165) is 23.5 Å². The van der Waals surface area contributed by atoms with Gasteiger partial charge in [-0.2, -0.15) is 8.78 Å². The van der Waals surface area contributed by atoms with Crippen LogP contribution in [0.5, 0.6) is 0 Å². The first-order chi connectivity index (χ1) is 23.6.